The van der Waals surface area contributed by atoms with E-state index in [4.69, 9.17) is 9.47 Å². The van der Waals surface area contributed by atoms with Crippen molar-refractivity contribution in [2.75, 3.05) is 14.2 Å². The smallest absolute Gasteiger partial charge is 0.319 e. The maximum atomic E-state index is 10.3. The minimum Gasteiger partial charge on any atom is -0.481 e. The zero-order valence-corrected chi connectivity index (χ0v) is 10.2. The van der Waals surface area contributed by atoms with Gasteiger partial charge in [-0.15, -0.1) is 0 Å². The number of aliphatic hydroxyl groups excluding tert-OH is 1. The first kappa shape index (κ1) is 12.3. The second kappa shape index (κ2) is 5.46. The van der Waals surface area contributed by atoms with Gasteiger partial charge in [-0.25, -0.2) is 4.98 Å². The predicted octanol–water partition coefficient (Wildman–Crippen LogP) is 1.58. The van der Waals surface area contributed by atoms with E-state index in [0.717, 1.165) is 5.56 Å². The van der Waals surface area contributed by atoms with Gasteiger partial charge in [-0.1, -0.05) is 30.3 Å². The number of aromatic nitrogens is 2. The molecule has 2 aromatic rings. The standard InChI is InChI=1S/C13H14N2O3/c1-17-12-10(8-14-13(15-12)18-2)11(16)9-6-4-3-5-7-9/h3-8,11,16H,1-2H3. The van der Waals surface area contributed by atoms with Crippen LogP contribution in [0, 0.1) is 0 Å². The molecule has 0 spiro atoms. The van der Waals surface area contributed by atoms with E-state index >= 15 is 0 Å². The zero-order chi connectivity index (χ0) is 13.0. The van der Waals surface area contributed by atoms with Gasteiger partial charge >= 0.3 is 6.01 Å². The Hall–Kier alpha value is -2.14. The Morgan fingerprint density at radius 2 is 1.83 bits per heavy atom. The number of hydrogen-bond donors (Lipinski definition) is 1. The molecule has 1 aromatic carbocycles. The Kier molecular flexibility index (Phi) is 3.74. The van der Waals surface area contributed by atoms with Crippen molar-refractivity contribution in [2.45, 2.75) is 6.10 Å². The fourth-order valence-corrected chi connectivity index (χ4v) is 1.62. The maximum Gasteiger partial charge on any atom is 0.319 e. The average molecular weight is 246 g/mol. The molecule has 0 aliphatic heterocycles. The molecule has 1 atom stereocenters. The Bertz CT molecular complexity index is 517. The van der Waals surface area contributed by atoms with E-state index in [0.29, 0.717) is 11.4 Å². The minimum atomic E-state index is -0.827. The zero-order valence-electron chi connectivity index (χ0n) is 10.2. The Morgan fingerprint density at radius 3 is 2.44 bits per heavy atom. The van der Waals surface area contributed by atoms with Crippen LogP contribution in [0.1, 0.15) is 17.2 Å². The lowest BCUT2D eigenvalue weighted by Crippen LogP contribution is -2.06. The average Bonchev–Trinajstić information content (AvgIpc) is 2.46. The summed E-state index contributed by atoms with van der Waals surface area (Å²) in [6.07, 6.45) is 0.676. The first-order chi connectivity index (χ1) is 8.76. The van der Waals surface area contributed by atoms with Crippen LogP contribution in [0.5, 0.6) is 11.9 Å². The summed E-state index contributed by atoms with van der Waals surface area (Å²) < 4.78 is 10.1. The summed E-state index contributed by atoms with van der Waals surface area (Å²) in [7, 11) is 2.96. The first-order valence-electron chi connectivity index (χ1n) is 5.44. The topological polar surface area (TPSA) is 64.5 Å². The van der Waals surface area contributed by atoms with Gasteiger partial charge in [-0.3, -0.25) is 0 Å². The molecule has 2 rings (SSSR count). The third kappa shape index (κ3) is 2.41. The summed E-state index contributed by atoms with van der Waals surface area (Å²) in [6, 6.07) is 9.46. The molecule has 1 N–H and O–H groups in total. The molecule has 0 radical (unpaired) electrons. The summed E-state index contributed by atoms with van der Waals surface area (Å²) >= 11 is 0. The van der Waals surface area contributed by atoms with Gasteiger partial charge in [0.05, 0.1) is 19.8 Å². The summed E-state index contributed by atoms with van der Waals surface area (Å²) in [5.41, 5.74) is 1.26. The fourth-order valence-electron chi connectivity index (χ4n) is 1.62. The van der Waals surface area contributed by atoms with E-state index in [9.17, 15) is 5.11 Å². The molecule has 1 heterocycles. The molecule has 94 valence electrons. The lowest BCUT2D eigenvalue weighted by molar-refractivity contribution is 0.211. The number of aliphatic hydroxyl groups is 1. The van der Waals surface area contributed by atoms with Gasteiger partial charge in [-0.05, 0) is 5.56 Å². The molecule has 1 unspecified atom stereocenters. The molecule has 0 saturated carbocycles. The quantitative estimate of drug-likeness (QED) is 0.887. The van der Waals surface area contributed by atoms with Crippen molar-refractivity contribution < 1.29 is 14.6 Å². The highest BCUT2D eigenvalue weighted by molar-refractivity contribution is 5.35. The molecule has 0 amide bonds. The van der Waals surface area contributed by atoms with Crippen LogP contribution < -0.4 is 9.47 Å². The number of rotatable bonds is 4. The largest absolute Gasteiger partial charge is 0.481 e. The second-order valence-electron chi connectivity index (χ2n) is 3.63. The van der Waals surface area contributed by atoms with Crippen LogP contribution >= 0.6 is 0 Å². The Labute approximate surface area is 105 Å². The highest BCUT2D eigenvalue weighted by Gasteiger charge is 2.17. The van der Waals surface area contributed by atoms with Gasteiger partial charge in [-0.2, -0.15) is 4.98 Å². The first-order valence-corrected chi connectivity index (χ1v) is 5.44. The summed E-state index contributed by atoms with van der Waals surface area (Å²) in [6.45, 7) is 0. The van der Waals surface area contributed by atoms with Gasteiger partial charge in [0.1, 0.15) is 6.10 Å². The summed E-state index contributed by atoms with van der Waals surface area (Å²) in [5, 5.41) is 10.3. The van der Waals surface area contributed by atoms with Crippen molar-refractivity contribution in [3.05, 3.63) is 47.7 Å². The van der Waals surface area contributed by atoms with Crippen molar-refractivity contribution in [1.82, 2.24) is 9.97 Å². The van der Waals surface area contributed by atoms with Crippen molar-refractivity contribution in [3.63, 3.8) is 0 Å². The molecule has 0 aliphatic rings. The van der Waals surface area contributed by atoms with Crippen molar-refractivity contribution in [3.8, 4) is 11.9 Å². The molecule has 0 aliphatic carbocycles. The normalized spacial score (nSPS) is 11.9. The predicted molar refractivity (Wildman–Crippen MR) is 65.6 cm³/mol. The molecule has 1 aromatic heterocycles. The van der Waals surface area contributed by atoms with E-state index in [2.05, 4.69) is 9.97 Å². The number of hydrogen-bond acceptors (Lipinski definition) is 5. The van der Waals surface area contributed by atoms with Crippen LogP contribution in [0.3, 0.4) is 0 Å². The third-order valence-electron chi connectivity index (χ3n) is 2.54. The van der Waals surface area contributed by atoms with Crippen LogP contribution in [0.4, 0.5) is 0 Å². The van der Waals surface area contributed by atoms with Gasteiger partial charge in [0.15, 0.2) is 0 Å². The molecule has 0 fully saturated rings. The lowest BCUT2D eigenvalue weighted by atomic mass is 10.0. The van der Waals surface area contributed by atoms with Gasteiger partial charge < -0.3 is 14.6 Å². The monoisotopic (exact) mass is 246 g/mol. The van der Waals surface area contributed by atoms with Crippen LogP contribution in [0.15, 0.2) is 36.5 Å². The van der Waals surface area contributed by atoms with Crippen molar-refractivity contribution in [2.24, 2.45) is 0 Å². The highest BCUT2D eigenvalue weighted by atomic mass is 16.5. The summed E-state index contributed by atoms with van der Waals surface area (Å²) in [5.74, 6) is 0.304. The number of nitrogens with zero attached hydrogens (tertiary/aromatic N) is 2. The molecule has 0 bridgehead atoms. The number of methoxy groups -OCH3 is 2. The number of benzene rings is 1. The maximum absolute atomic E-state index is 10.3. The van der Waals surface area contributed by atoms with E-state index in [1.165, 1.54) is 20.4 Å². The highest BCUT2D eigenvalue weighted by Crippen LogP contribution is 2.28. The van der Waals surface area contributed by atoms with Crippen molar-refractivity contribution >= 4 is 0 Å². The van der Waals surface area contributed by atoms with Crippen LogP contribution in [0.2, 0.25) is 0 Å². The van der Waals surface area contributed by atoms with E-state index in [1.54, 1.807) is 0 Å². The van der Waals surface area contributed by atoms with Crippen LogP contribution in [-0.2, 0) is 0 Å². The van der Waals surface area contributed by atoms with E-state index < -0.39 is 6.10 Å². The van der Waals surface area contributed by atoms with Gasteiger partial charge in [0, 0.05) is 6.20 Å². The van der Waals surface area contributed by atoms with Crippen molar-refractivity contribution in [1.29, 1.82) is 0 Å². The third-order valence-corrected chi connectivity index (χ3v) is 2.54. The lowest BCUT2D eigenvalue weighted by Gasteiger charge is -2.14. The Morgan fingerprint density at radius 1 is 1.11 bits per heavy atom. The minimum absolute atomic E-state index is 0.205. The Balaban J connectivity index is 2.38. The summed E-state index contributed by atoms with van der Waals surface area (Å²) in [4.78, 5) is 8.02. The molecule has 5 heteroatoms. The van der Waals surface area contributed by atoms with Gasteiger partial charge in [0.2, 0.25) is 5.88 Å². The second-order valence-corrected chi connectivity index (χ2v) is 3.63. The molecule has 18 heavy (non-hydrogen) atoms. The van der Waals surface area contributed by atoms with Crippen LogP contribution in [0.25, 0.3) is 0 Å². The SMILES string of the molecule is COc1ncc(C(O)c2ccccc2)c(OC)n1. The molecular weight excluding hydrogens is 232 g/mol. The molecular formula is C13H14N2O3. The van der Waals surface area contributed by atoms with E-state index in [1.807, 2.05) is 30.3 Å². The number of ether oxygens (including phenoxy) is 2. The molecule has 0 saturated heterocycles. The van der Waals surface area contributed by atoms with E-state index in [-0.39, 0.29) is 6.01 Å². The molecule has 5 nitrogen and oxygen atoms in total. The van der Waals surface area contributed by atoms with Crippen LogP contribution in [-0.4, -0.2) is 29.3 Å². The van der Waals surface area contributed by atoms with Gasteiger partial charge in [0.25, 0.3) is 0 Å². The fraction of sp³-hybridized carbons (Fsp3) is 0.231.